The van der Waals surface area contributed by atoms with Crippen LogP contribution in [0.2, 0.25) is 0 Å². The molecule has 0 radical (unpaired) electrons. The van der Waals surface area contributed by atoms with Crippen molar-refractivity contribution in [2.75, 3.05) is 14.2 Å². The molecule has 0 aliphatic carbocycles. The number of aryl methyl sites for hydroxylation is 1. The monoisotopic (exact) mass is 314 g/mol. The Morgan fingerprint density at radius 2 is 1.87 bits per heavy atom. The first kappa shape index (κ1) is 16.5. The molecule has 0 fully saturated rings. The van der Waals surface area contributed by atoms with Gasteiger partial charge in [0.05, 0.1) is 17.6 Å². The molecule has 120 valence electrons. The SMILES string of the molecule is COc1ccc([N+](=O)[O-])cc1C(=O)N(C)Cc1ccc(C)cc1. The van der Waals surface area contributed by atoms with E-state index in [1.54, 1.807) is 7.05 Å². The van der Waals surface area contributed by atoms with Crippen molar-refractivity contribution in [2.24, 2.45) is 0 Å². The molecule has 0 aliphatic rings. The van der Waals surface area contributed by atoms with E-state index in [0.29, 0.717) is 12.3 Å². The van der Waals surface area contributed by atoms with Crippen molar-refractivity contribution in [1.29, 1.82) is 0 Å². The van der Waals surface area contributed by atoms with Crippen LogP contribution in [0.15, 0.2) is 42.5 Å². The summed E-state index contributed by atoms with van der Waals surface area (Å²) in [4.78, 5) is 24.5. The van der Waals surface area contributed by atoms with Gasteiger partial charge in [0.25, 0.3) is 11.6 Å². The van der Waals surface area contributed by atoms with E-state index in [9.17, 15) is 14.9 Å². The van der Waals surface area contributed by atoms with Crippen molar-refractivity contribution in [3.8, 4) is 5.75 Å². The van der Waals surface area contributed by atoms with Gasteiger partial charge in [-0.3, -0.25) is 14.9 Å². The first-order valence-electron chi connectivity index (χ1n) is 7.06. The van der Waals surface area contributed by atoms with Gasteiger partial charge in [-0.15, -0.1) is 0 Å². The number of nitrogens with zero attached hydrogens (tertiary/aromatic N) is 2. The summed E-state index contributed by atoms with van der Waals surface area (Å²) < 4.78 is 5.15. The first-order chi connectivity index (χ1) is 10.9. The fraction of sp³-hybridized carbons (Fsp3) is 0.235. The van der Waals surface area contributed by atoms with Gasteiger partial charge in [0.15, 0.2) is 0 Å². The Bertz CT molecular complexity index is 726. The predicted octanol–water partition coefficient (Wildman–Crippen LogP) is 3.18. The molecule has 0 saturated carbocycles. The van der Waals surface area contributed by atoms with Crippen LogP contribution >= 0.6 is 0 Å². The van der Waals surface area contributed by atoms with Gasteiger partial charge >= 0.3 is 0 Å². The zero-order chi connectivity index (χ0) is 17.0. The summed E-state index contributed by atoms with van der Waals surface area (Å²) in [6.07, 6.45) is 0. The molecule has 23 heavy (non-hydrogen) atoms. The number of rotatable bonds is 5. The highest BCUT2D eigenvalue weighted by Gasteiger charge is 2.20. The fourth-order valence-electron chi connectivity index (χ4n) is 2.22. The third kappa shape index (κ3) is 3.85. The number of non-ortho nitro benzene ring substituents is 1. The Morgan fingerprint density at radius 1 is 1.22 bits per heavy atom. The van der Waals surface area contributed by atoms with Crippen molar-refractivity contribution < 1.29 is 14.5 Å². The van der Waals surface area contributed by atoms with Gasteiger partial charge in [-0.1, -0.05) is 29.8 Å². The second-order valence-electron chi connectivity index (χ2n) is 5.29. The molecular formula is C17H18N2O4. The first-order valence-corrected chi connectivity index (χ1v) is 7.06. The summed E-state index contributed by atoms with van der Waals surface area (Å²) in [5, 5.41) is 10.9. The minimum atomic E-state index is -0.532. The number of carbonyl (C=O) groups is 1. The maximum absolute atomic E-state index is 12.6. The molecule has 6 nitrogen and oxygen atoms in total. The minimum Gasteiger partial charge on any atom is -0.496 e. The van der Waals surface area contributed by atoms with Crippen LogP contribution < -0.4 is 4.74 Å². The summed E-state index contributed by atoms with van der Waals surface area (Å²) in [7, 11) is 3.08. The van der Waals surface area contributed by atoms with E-state index in [2.05, 4.69) is 0 Å². The van der Waals surface area contributed by atoms with Crippen LogP contribution in [0.25, 0.3) is 0 Å². The highest BCUT2D eigenvalue weighted by molar-refractivity contribution is 5.97. The lowest BCUT2D eigenvalue weighted by Crippen LogP contribution is -2.26. The number of methoxy groups -OCH3 is 1. The standard InChI is InChI=1S/C17H18N2O4/c1-12-4-6-13(7-5-12)11-18(2)17(20)15-10-14(19(21)22)8-9-16(15)23-3/h4-10H,11H2,1-3H3. The van der Waals surface area contributed by atoms with E-state index < -0.39 is 4.92 Å². The predicted molar refractivity (Wildman–Crippen MR) is 86.6 cm³/mol. The summed E-state index contributed by atoms with van der Waals surface area (Å²) in [6.45, 7) is 2.40. The number of hydrogen-bond acceptors (Lipinski definition) is 4. The Hall–Kier alpha value is -2.89. The molecule has 0 unspecified atom stereocenters. The fourth-order valence-corrected chi connectivity index (χ4v) is 2.22. The normalized spacial score (nSPS) is 10.2. The van der Waals surface area contributed by atoms with E-state index >= 15 is 0 Å². The zero-order valence-electron chi connectivity index (χ0n) is 13.3. The molecule has 2 aromatic carbocycles. The lowest BCUT2D eigenvalue weighted by molar-refractivity contribution is -0.384. The van der Waals surface area contributed by atoms with Gasteiger partial charge < -0.3 is 9.64 Å². The van der Waals surface area contributed by atoms with Gasteiger partial charge in [-0.25, -0.2) is 0 Å². The van der Waals surface area contributed by atoms with Crippen molar-refractivity contribution in [1.82, 2.24) is 4.90 Å². The zero-order valence-corrected chi connectivity index (χ0v) is 13.3. The smallest absolute Gasteiger partial charge is 0.270 e. The van der Waals surface area contributed by atoms with E-state index in [1.165, 1.54) is 30.2 Å². The van der Waals surface area contributed by atoms with Crippen LogP contribution in [-0.4, -0.2) is 29.9 Å². The largest absolute Gasteiger partial charge is 0.496 e. The van der Waals surface area contributed by atoms with Crippen LogP contribution in [0.4, 0.5) is 5.69 Å². The molecular weight excluding hydrogens is 296 g/mol. The number of benzene rings is 2. The van der Waals surface area contributed by atoms with E-state index in [1.807, 2.05) is 31.2 Å². The molecule has 1 amide bonds. The molecule has 0 N–H and O–H groups in total. The van der Waals surface area contributed by atoms with Gasteiger partial charge in [-0.05, 0) is 18.6 Å². The molecule has 6 heteroatoms. The Morgan fingerprint density at radius 3 is 2.43 bits per heavy atom. The Balaban J connectivity index is 2.25. The average molecular weight is 314 g/mol. The molecule has 0 aromatic heterocycles. The highest BCUT2D eigenvalue weighted by atomic mass is 16.6. The van der Waals surface area contributed by atoms with E-state index in [0.717, 1.165) is 11.1 Å². The van der Waals surface area contributed by atoms with Crippen molar-refractivity contribution in [3.05, 3.63) is 69.3 Å². The molecule has 2 aromatic rings. The van der Waals surface area contributed by atoms with Gasteiger partial charge in [-0.2, -0.15) is 0 Å². The second-order valence-corrected chi connectivity index (χ2v) is 5.29. The highest BCUT2D eigenvalue weighted by Crippen LogP contribution is 2.25. The second kappa shape index (κ2) is 6.91. The summed E-state index contributed by atoms with van der Waals surface area (Å²) in [6, 6.07) is 11.8. The number of nitro benzene ring substituents is 1. The molecule has 0 bridgehead atoms. The third-order valence-electron chi connectivity index (χ3n) is 3.51. The maximum Gasteiger partial charge on any atom is 0.270 e. The lowest BCUT2D eigenvalue weighted by Gasteiger charge is -2.18. The quantitative estimate of drug-likeness (QED) is 0.627. The van der Waals surface area contributed by atoms with Crippen LogP contribution in [0, 0.1) is 17.0 Å². The van der Waals surface area contributed by atoms with Gasteiger partial charge in [0, 0.05) is 25.7 Å². The van der Waals surface area contributed by atoms with E-state index in [-0.39, 0.29) is 17.2 Å². The number of carbonyl (C=O) groups excluding carboxylic acids is 1. The van der Waals surface area contributed by atoms with Gasteiger partial charge in [0.1, 0.15) is 5.75 Å². The summed E-state index contributed by atoms with van der Waals surface area (Å²) in [5.74, 6) is -0.0116. The number of nitro groups is 1. The molecule has 2 rings (SSSR count). The van der Waals surface area contributed by atoms with Gasteiger partial charge in [0.2, 0.25) is 0 Å². The van der Waals surface area contributed by atoms with Crippen LogP contribution in [0.1, 0.15) is 21.5 Å². The molecule has 0 saturated heterocycles. The van der Waals surface area contributed by atoms with Crippen LogP contribution in [0.5, 0.6) is 5.75 Å². The molecule has 0 atom stereocenters. The topological polar surface area (TPSA) is 72.7 Å². The van der Waals surface area contributed by atoms with Crippen LogP contribution in [-0.2, 0) is 6.54 Å². The Kier molecular flexibility index (Phi) is 4.95. The van der Waals surface area contributed by atoms with Crippen molar-refractivity contribution >= 4 is 11.6 Å². The average Bonchev–Trinajstić information content (AvgIpc) is 2.55. The summed E-state index contributed by atoms with van der Waals surface area (Å²) in [5.41, 5.74) is 2.16. The molecule has 0 heterocycles. The molecule has 0 spiro atoms. The van der Waals surface area contributed by atoms with E-state index in [4.69, 9.17) is 4.74 Å². The molecule has 0 aliphatic heterocycles. The lowest BCUT2D eigenvalue weighted by atomic mass is 10.1. The van der Waals surface area contributed by atoms with Crippen molar-refractivity contribution in [3.63, 3.8) is 0 Å². The third-order valence-corrected chi connectivity index (χ3v) is 3.51. The van der Waals surface area contributed by atoms with Crippen molar-refractivity contribution in [2.45, 2.75) is 13.5 Å². The number of hydrogen-bond donors (Lipinski definition) is 0. The Labute approximate surface area is 134 Å². The number of amides is 1. The van der Waals surface area contributed by atoms with Crippen LogP contribution in [0.3, 0.4) is 0 Å². The minimum absolute atomic E-state index is 0.141. The maximum atomic E-state index is 12.6. The summed E-state index contributed by atoms with van der Waals surface area (Å²) >= 11 is 0. The number of ether oxygens (including phenoxy) is 1.